The third-order valence-corrected chi connectivity index (χ3v) is 7.97. The summed E-state index contributed by atoms with van der Waals surface area (Å²) in [5, 5.41) is 2.99. The molecule has 4 rings (SSSR count). The van der Waals surface area contributed by atoms with Gasteiger partial charge >= 0.3 is 0 Å². The summed E-state index contributed by atoms with van der Waals surface area (Å²) < 4.78 is 28.2. The first-order valence-corrected chi connectivity index (χ1v) is 12.8. The lowest BCUT2D eigenvalue weighted by molar-refractivity contribution is -0.120. The first-order chi connectivity index (χ1) is 15.7. The second-order valence-electron chi connectivity index (χ2n) is 8.83. The number of rotatable bonds is 7. The lowest BCUT2D eigenvalue weighted by Gasteiger charge is -2.25. The number of sulfonamides is 1. The van der Waals surface area contributed by atoms with E-state index >= 15 is 0 Å². The van der Waals surface area contributed by atoms with E-state index < -0.39 is 10.0 Å². The monoisotopic (exact) mass is 462 g/mol. The van der Waals surface area contributed by atoms with E-state index in [1.54, 1.807) is 42.5 Å². The Morgan fingerprint density at radius 2 is 1.67 bits per heavy atom. The molecule has 33 heavy (non-hydrogen) atoms. The first-order valence-electron chi connectivity index (χ1n) is 11.3. The Hall–Kier alpha value is -3.12. The largest absolute Gasteiger partial charge is 0.348 e. The second-order valence-corrected chi connectivity index (χ2v) is 10.7. The summed E-state index contributed by atoms with van der Waals surface area (Å²) in [6.45, 7) is 5.44. The predicted molar refractivity (Wildman–Crippen MR) is 132 cm³/mol. The topological polar surface area (TPSA) is 66.5 Å². The van der Waals surface area contributed by atoms with Gasteiger partial charge in [-0.25, -0.2) is 8.42 Å². The van der Waals surface area contributed by atoms with Crippen molar-refractivity contribution in [2.24, 2.45) is 0 Å². The van der Waals surface area contributed by atoms with E-state index in [-0.39, 0.29) is 23.4 Å². The molecule has 0 bridgehead atoms. The molecule has 0 aromatic heterocycles. The third-order valence-electron chi connectivity index (χ3n) is 6.19. The number of aryl methyl sites for hydroxylation is 4. The second kappa shape index (κ2) is 9.40. The number of benzene rings is 3. The van der Waals surface area contributed by atoms with Gasteiger partial charge in [-0.1, -0.05) is 48.0 Å². The number of carbonyl (C=O) groups excluding carboxylic acids is 1. The highest BCUT2D eigenvalue weighted by Crippen LogP contribution is 2.27. The van der Waals surface area contributed by atoms with E-state index in [1.807, 2.05) is 26.8 Å². The van der Waals surface area contributed by atoms with E-state index in [1.165, 1.54) is 21.9 Å². The van der Waals surface area contributed by atoms with Crippen LogP contribution in [-0.2, 0) is 27.7 Å². The number of hydrogen-bond acceptors (Lipinski definition) is 3. The first kappa shape index (κ1) is 23.1. The number of nitrogens with one attached hydrogen (secondary N) is 1. The van der Waals surface area contributed by atoms with E-state index in [0.717, 1.165) is 29.5 Å². The molecule has 1 aliphatic carbocycles. The molecule has 6 heteroatoms. The van der Waals surface area contributed by atoms with Gasteiger partial charge in [0.25, 0.3) is 10.0 Å². The molecule has 172 valence electrons. The van der Waals surface area contributed by atoms with Crippen molar-refractivity contribution in [3.63, 3.8) is 0 Å². The summed E-state index contributed by atoms with van der Waals surface area (Å²) in [5.41, 5.74) is 6.12. The molecular formula is C27H30N2O3S. The number of nitrogens with zero attached hydrogens (tertiary/aromatic N) is 1. The highest BCUT2D eigenvalue weighted by molar-refractivity contribution is 7.92. The van der Waals surface area contributed by atoms with Crippen LogP contribution in [0.2, 0.25) is 0 Å². The zero-order chi connectivity index (χ0) is 23.6. The minimum atomic E-state index is -3.92. The van der Waals surface area contributed by atoms with Gasteiger partial charge in [-0.3, -0.25) is 9.10 Å². The van der Waals surface area contributed by atoms with Gasteiger partial charge in [0.15, 0.2) is 0 Å². The van der Waals surface area contributed by atoms with Crippen molar-refractivity contribution >= 4 is 21.6 Å². The zero-order valence-electron chi connectivity index (χ0n) is 19.3. The summed E-state index contributed by atoms with van der Waals surface area (Å²) in [6.07, 6.45) is 3.35. The molecule has 5 nitrogen and oxygen atoms in total. The number of carbonyl (C=O) groups is 1. The van der Waals surface area contributed by atoms with Crippen LogP contribution >= 0.6 is 0 Å². The van der Waals surface area contributed by atoms with Crippen molar-refractivity contribution in [2.75, 3.05) is 10.8 Å². The summed E-state index contributed by atoms with van der Waals surface area (Å²) in [7, 11) is -3.92. The third kappa shape index (κ3) is 5.11. The Balaban J connectivity index is 1.58. The van der Waals surface area contributed by atoms with Crippen LogP contribution in [0.3, 0.4) is 0 Å². The van der Waals surface area contributed by atoms with E-state index in [9.17, 15) is 13.2 Å². The van der Waals surface area contributed by atoms with Crippen LogP contribution in [0, 0.1) is 13.8 Å². The maximum Gasteiger partial charge on any atom is 0.264 e. The summed E-state index contributed by atoms with van der Waals surface area (Å²) in [6, 6.07) is 20.0. The SMILES string of the molecule is Cc1ccc(S(=O)(=O)N(CC(=O)N[C@H](C)c2ccc3c(c2)CCC3)c2cccc(C)c2)cc1. The Labute approximate surface area is 196 Å². The number of hydrogen-bond donors (Lipinski definition) is 1. The van der Waals surface area contributed by atoms with Gasteiger partial charge in [-0.05, 0) is 86.6 Å². The molecule has 1 aliphatic rings. The van der Waals surface area contributed by atoms with Crippen molar-refractivity contribution in [3.8, 4) is 0 Å². The minimum Gasteiger partial charge on any atom is -0.348 e. The Morgan fingerprint density at radius 3 is 2.39 bits per heavy atom. The van der Waals surface area contributed by atoms with Gasteiger partial charge in [0.1, 0.15) is 6.54 Å². The fourth-order valence-electron chi connectivity index (χ4n) is 4.30. The van der Waals surface area contributed by atoms with Crippen LogP contribution in [0.25, 0.3) is 0 Å². The van der Waals surface area contributed by atoms with Crippen LogP contribution in [-0.4, -0.2) is 20.9 Å². The number of amides is 1. The van der Waals surface area contributed by atoms with Crippen molar-refractivity contribution in [1.29, 1.82) is 0 Å². The summed E-state index contributed by atoms with van der Waals surface area (Å²) in [4.78, 5) is 13.2. The molecule has 0 saturated heterocycles. The lowest BCUT2D eigenvalue weighted by Crippen LogP contribution is -2.41. The van der Waals surface area contributed by atoms with Crippen molar-refractivity contribution in [3.05, 3.63) is 94.5 Å². The van der Waals surface area contributed by atoms with Crippen molar-refractivity contribution < 1.29 is 13.2 Å². The van der Waals surface area contributed by atoms with Crippen LogP contribution in [0.15, 0.2) is 71.6 Å². The maximum atomic E-state index is 13.5. The molecule has 0 heterocycles. The summed E-state index contributed by atoms with van der Waals surface area (Å²) in [5.74, 6) is -0.347. The van der Waals surface area contributed by atoms with Crippen LogP contribution in [0.4, 0.5) is 5.69 Å². The molecule has 1 atom stereocenters. The molecule has 0 radical (unpaired) electrons. The average molecular weight is 463 g/mol. The Morgan fingerprint density at radius 1 is 0.939 bits per heavy atom. The average Bonchev–Trinajstić information content (AvgIpc) is 3.25. The fraction of sp³-hybridized carbons (Fsp3) is 0.296. The molecule has 0 unspecified atom stereocenters. The normalized spacial score (nSPS) is 13.9. The van der Waals surface area contributed by atoms with Crippen molar-refractivity contribution in [2.45, 2.75) is 51.0 Å². The molecule has 0 saturated carbocycles. The van der Waals surface area contributed by atoms with Crippen LogP contribution in [0.5, 0.6) is 0 Å². The van der Waals surface area contributed by atoms with Crippen LogP contribution < -0.4 is 9.62 Å². The standard InChI is InChI=1S/C27H30N2O3S/c1-19-10-14-26(15-11-19)33(31,32)29(25-9-4-6-20(2)16-25)18-27(30)28-21(3)23-13-12-22-7-5-8-24(22)17-23/h4,6,9-17,21H,5,7-8,18H2,1-3H3,(H,28,30)/t21-/m1/s1. The zero-order valence-corrected chi connectivity index (χ0v) is 20.2. The quantitative estimate of drug-likeness (QED) is 0.545. The predicted octanol–water partition coefficient (Wildman–Crippen LogP) is 4.86. The van der Waals surface area contributed by atoms with E-state index in [4.69, 9.17) is 0 Å². The Kier molecular flexibility index (Phi) is 6.56. The van der Waals surface area contributed by atoms with E-state index in [0.29, 0.717) is 5.69 Å². The molecule has 1 N–H and O–H groups in total. The highest BCUT2D eigenvalue weighted by Gasteiger charge is 2.28. The molecule has 0 fully saturated rings. The molecular weight excluding hydrogens is 432 g/mol. The fourth-order valence-corrected chi connectivity index (χ4v) is 5.71. The van der Waals surface area contributed by atoms with Crippen molar-refractivity contribution in [1.82, 2.24) is 5.32 Å². The van der Waals surface area contributed by atoms with E-state index in [2.05, 4.69) is 23.5 Å². The van der Waals surface area contributed by atoms with Gasteiger partial charge in [0.05, 0.1) is 16.6 Å². The smallest absolute Gasteiger partial charge is 0.264 e. The minimum absolute atomic E-state index is 0.161. The molecule has 0 spiro atoms. The molecule has 0 aliphatic heterocycles. The number of anilines is 1. The van der Waals surface area contributed by atoms with Gasteiger partial charge in [0.2, 0.25) is 5.91 Å². The number of fused-ring (bicyclic) bond motifs is 1. The Bertz CT molecular complexity index is 1270. The molecule has 1 amide bonds. The molecule has 3 aromatic rings. The summed E-state index contributed by atoms with van der Waals surface area (Å²) >= 11 is 0. The van der Waals surface area contributed by atoms with Gasteiger partial charge < -0.3 is 5.32 Å². The molecule has 3 aromatic carbocycles. The van der Waals surface area contributed by atoms with Gasteiger partial charge in [-0.2, -0.15) is 0 Å². The maximum absolute atomic E-state index is 13.5. The van der Waals surface area contributed by atoms with Crippen LogP contribution in [0.1, 0.15) is 47.2 Å². The lowest BCUT2D eigenvalue weighted by atomic mass is 10.0. The van der Waals surface area contributed by atoms with Gasteiger partial charge in [-0.15, -0.1) is 0 Å². The van der Waals surface area contributed by atoms with Gasteiger partial charge in [0, 0.05) is 0 Å². The highest BCUT2D eigenvalue weighted by atomic mass is 32.2.